The minimum absolute atomic E-state index is 0.0990. The van der Waals surface area contributed by atoms with E-state index in [1.54, 1.807) is 7.11 Å². The largest absolute Gasteiger partial charge is 0.495 e. The summed E-state index contributed by atoms with van der Waals surface area (Å²) in [5, 5.41) is 6.09. The van der Waals surface area contributed by atoms with Crippen molar-refractivity contribution in [3.63, 3.8) is 0 Å². The summed E-state index contributed by atoms with van der Waals surface area (Å²) < 4.78 is 6.38. The summed E-state index contributed by atoms with van der Waals surface area (Å²) in [5.74, 6) is 0.636. The fraction of sp³-hybridized carbons (Fsp3) is 0.188. The Morgan fingerprint density at radius 1 is 1.24 bits per heavy atom. The number of rotatable bonds is 5. The van der Waals surface area contributed by atoms with Crippen molar-refractivity contribution in [1.82, 2.24) is 0 Å². The molecule has 110 valence electrons. The normalized spacial score (nSPS) is 10.0. The maximum absolute atomic E-state index is 11.1. The Kier molecular flexibility index (Phi) is 5.22. The average molecular weight is 349 g/mol. The minimum Gasteiger partial charge on any atom is -0.495 e. The molecule has 0 aromatic heterocycles. The lowest BCUT2D eigenvalue weighted by Gasteiger charge is -2.13. The van der Waals surface area contributed by atoms with Gasteiger partial charge in [-0.25, -0.2) is 0 Å². The Morgan fingerprint density at radius 2 is 2.05 bits per heavy atom. The fourth-order valence-corrected chi connectivity index (χ4v) is 2.42. The molecular weight excluding hydrogens is 332 g/mol. The zero-order valence-corrected chi connectivity index (χ0v) is 13.5. The summed E-state index contributed by atoms with van der Waals surface area (Å²) in [5.41, 5.74) is 2.72. The first-order chi connectivity index (χ1) is 10.1. The van der Waals surface area contributed by atoms with E-state index in [1.165, 1.54) is 6.92 Å². The Balaban J connectivity index is 2.15. The van der Waals surface area contributed by atoms with E-state index < -0.39 is 0 Å². The van der Waals surface area contributed by atoms with Gasteiger partial charge in [0.25, 0.3) is 0 Å². The Labute approximate surface area is 132 Å². The number of nitrogens with one attached hydrogen (secondary N) is 2. The van der Waals surface area contributed by atoms with Crippen LogP contribution >= 0.6 is 15.9 Å². The van der Waals surface area contributed by atoms with E-state index >= 15 is 0 Å². The molecule has 5 heteroatoms. The van der Waals surface area contributed by atoms with Gasteiger partial charge in [0.1, 0.15) is 5.75 Å². The van der Waals surface area contributed by atoms with Crippen molar-refractivity contribution in [2.45, 2.75) is 13.5 Å². The quantitative estimate of drug-likeness (QED) is 0.857. The van der Waals surface area contributed by atoms with Crippen molar-refractivity contribution in [1.29, 1.82) is 0 Å². The van der Waals surface area contributed by atoms with Crippen LogP contribution in [0.25, 0.3) is 0 Å². The van der Waals surface area contributed by atoms with E-state index in [4.69, 9.17) is 4.74 Å². The lowest BCUT2D eigenvalue weighted by molar-refractivity contribution is -0.114. The van der Waals surface area contributed by atoms with Crippen LogP contribution in [0.2, 0.25) is 0 Å². The SMILES string of the molecule is COc1ccc(NC(C)=O)cc1NCc1cccc(Br)c1. The predicted molar refractivity (Wildman–Crippen MR) is 88.8 cm³/mol. The van der Waals surface area contributed by atoms with Crippen LogP contribution < -0.4 is 15.4 Å². The van der Waals surface area contributed by atoms with Crippen LogP contribution in [0.4, 0.5) is 11.4 Å². The fourth-order valence-electron chi connectivity index (χ4n) is 1.97. The Hall–Kier alpha value is -2.01. The van der Waals surface area contributed by atoms with Crippen LogP contribution in [0.3, 0.4) is 0 Å². The first-order valence-corrected chi connectivity index (χ1v) is 7.31. The highest BCUT2D eigenvalue weighted by atomic mass is 79.9. The smallest absolute Gasteiger partial charge is 0.221 e. The molecule has 0 aliphatic heterocycles. The minimum atomic E-state index is -0.0990. The summed E-state index contributed by atoms with van der Waals surface area (Å²) in [6, 6.07) is 13.6. The maximum Gasteiger partial charge on any atom is 0.221 e. The molecule has 2 aromatic rings. The number of hydrogen-bond donors (Lipinski definition) is 2. The van der Waals surface area contributed by atoms with Gasteiger partial charge in [-0.15, -0.1) is 0 Å². The van der Waals surface area contributed by atoms with E-state index in [1.807, 2.05) is 36.4 Å². The van der Waals surface area contributed by atoms with Gasteiger partial charge >= 0.3 is 0 Å². The molecule has 2 aromatic carbocycles. The number of hydrogen-bond acceptors (Lipinski definition) is 3. The van der Waals surface area contributed by atoms with Crippen molar-refractivity contribution in [2.75, 3.05) is 17.7 Å². The average Bonchev–Trinajstić information content (AvgIpc) is 2.45. The summed E-state index contributed by atoms with van der Waals surface area (Å²) in [4.78, 5) is 11.1. The second-order valence-corrected chi connectivity index (χ2v) is 5.50. The molecule has 0 heterocycles. The van der Waals surface area contributed by atoms with Crippen molar-refractivity contribution in [3.05, 3.63) is 52.5 Å². The van der Waals surface area contributed by atoms with Gasteiger partial charge < -0.3 is 15.4 Å². The van der Waals surface area contributed by atoms with Crippen LogP contribution in [0.1, 0.15) is 12.5 Å². The molecular formula is C16H17BrN2O2. The molecule has 4 nitrogen and oxygen atoms in total. The molecule has 0 spiro atoms. The standard InChI is InChI=1S/C16H17BrN2O2/c1-11(20)19-14-6-7-16(21-2)15(9-14)18-10-12-4-3-5-13(17)8-12/h3-9,18H,10H2,1-2H3,(H,19,20). The Morgan fingerprint density at radius 3 is 2.71 bits per heavy atom. The van der Waals surface area contributed by atoms with Crippen LogP contribution in [-0.4, -0.2) is 13.0 Å². The molecule has 1 amide bonds. The Bertz CT molecular complexity index is 644. The van der Waals surface area contributed by atoms with Gasteiger partial charge in [-0.3, -0.25) is 4.79 Å². The number of amides is 1. The van der Waals surface area contributed by atoms with Crippen LogP contribution in [-0.2, 0) is 11.3 Å². The lowest BCUT2D eigenvalue weighted by Crippen LogP contribution is -2.07. The maximum atomic E-state index is 11.1. The van der Waals surface area contributed by atoms with Gasteiger partial charge in [-0.05, 0) is 35.9 Å². The van der Waals surface area contributed by atoms with Gasteiger partial charge in [0, 0.05) is 23.6 Å². The highest BCUT2D eigenvalue weighted by Crippen LogP contribution is 2.28. The molecule has 0 radical (unpaired) electrons. The predicted octanol–water partition coefficient (Wildman–Crippen LogP) is 4.03. The van der Waals surface area contributed by atoms with Crippen LogP contribution in [0.15, 0.2) is 46.9 Å². The lowest BCUT2D eigenvalue weighted by atomic mass is 10.2. The zero-order chi connectivity index (χ0) is 15.2. The van der Waals surface area contributed by atoms with Gasteiger partial charge in [-0.2, -0.15) is 0 Å². The van der Waals surface area contributed by atoms with Crippen molar-refractivity contribution in [2.24, 2.45) is 0 Å². The van der Waals surface area contributed by atoms with Crippen LogP contribution in [0, 0.1) is 0 Å². The van der Waals surface area contributed by atoms with Crippen LogP contribution in [0.5, 0.6) is 5.75 Å². The van der Waals surface area contributed by atoms with Crippen molar-refractivity contribution < 1.29 is 9.53 Å². The number of halogens is 1. The first-order valence-electron chi connectivity index (χ1n) is 6.52. The number of anilines is 2. The highest BCUT2D eigenvalue weighted by Gasteiger charge is 2.05. The van der Waals surface area contributed by atoms with E-state index in [9.17, 15) is 4.79 Å². The van der Waals surface area contributed by atoms with E-state index in [2.05, 4.69) is 32.6 Å². The zero-order valence-electron chi connectivity index (χ0n) is 11.9. The first kappa shape index (κ1) is 15.4. The summed E-state index contributed by atoms with van der Waals surface area (Å²) in [7, 11) is 1.62. The molecule has 21 heavy (non-hydrogen) atoms. The number of benzene rings is 2. The molecule has 0 atom stereocenters. The molecule has 0 saturated carbocycles. The van der Waals surface area contributed by atoms with Gasteiger partial charge in [0.15, 0.2) is 0 Å². The summed E-state index contributed by atoms with van der Waals surface area (Å²) in [6.45, 7) is 2.15. The highest BCUT2D eigenvalue weighted by molar-refractivity contribution is 9.10. The topological polar surface area (TPSA) is 50.4 Å². The van der Waals surface area contributed by atoms with Crippen molar-refractivity contribution in [3.8, 4) is 5.75 Å². The van der Waals surface area contributed by atoms with Crippen molar-refractivity contribution >= 4 is 33.2 Å². The summed E-state index contributed by atoms with van der Waals surface area (Å²) in [6.07, 6.45) is 0. The number of carbonyl (C=O) groups is 1. The third-order valence-corrected chi connectivity index (χ3v) is 3.39. The second-order valence-electron chi connectivity index (χ2n) is 4.58. The van der Waals surface area contributed by atoms with E-state index in [0.29, 0.717) is 6.54 Å². The van der Waals surface area contributed by atoms with Gasteiger partial charge in [-0.1, -0.05) is 28.1 Å². The second kappa shape index (κ2) is 7.13. The molecule has 0 aliphatic carbocycles. The molecule has 0 bridgehead atoms. The number of ether oxygens (including phenoxy) is 1. The number of methoxy groups -OCH3 is 1. The van der Waals surface area contributed by atoms with Gasteiger partial charge in [0.2, 0.25) is 5.91 Å². The molecule has 2 N–H and O–H groups in total. The summed E-state index contributed by atoms with van der Waals surface area (Å²) >= 11 is 3.46. The third-order valence-electron chi connectivity index (χ3n) is 2.89. The molecule has 0 aliphatic rings. The monoisotopic (exact) mass is 348 g/mol. The molecule has 0 saturated heterocycles. The third kappa shape index (κ3) is 4.49. The number of carbonyl (C=O) groups excluding carboxylic acids is 1. The molecule has 2 rings (SSSR count). The van der Waals surface area contributed by atoms with Gasteiger partial charge in [0.05, 0.1) is 12.8 Å². The van der Waals surface area contributed by atoms with E-state index in [0.717, 1.165) is 27.2 Å². The molecule has 0 unspecified atom stereocenters. The molecule has 0 fully saturated rings. The van der Waals surface area contributed by atoms with E-state index in [-0.39, 0.29) is 5.91 Å².